The number of nitrogens with one attached hydrogen (secondary N) is 1. The molecule has 1 aromatic carbocycles. The van der Waals surface area contributed by atoms with Crippen molar-refractivity contribution in [2.75, 3.05) is 25.1 Å². The molecule has 3 fully saturated rings. The average Bonchev–Trinajstić information content (AvgIpc) is 3.81. The Morgan fingerprint density at radius 1 is 1.04 bits per heavy atom. The molecule has 2 N–H and O–H groups in total. The number of aromatic nitrogens is 7. The van der Waals surface area contributed by atoms with E-state index in [4.69, 9.17) is 19.3 Å². The Hall–Kier alpha value is -4.58. The van der Waals surface area contributed by atoms with Gasteiger partial charge in [0, 0.05) is 36.1 Å². The fraction of sp³-hybridized carbons (Fsp3) is 0.543. The lowest BCUT2D eigenvalue weighted by molar-refractivity contribution is -0.0458. The van der Waals surface area contributed by atoms with Crippen molar-refractivity contribution >= 4 is 11.6 Å². The molecule has 14 heteroatoms. The molecule has 3 aliphatic rings. The summed E-state index contributed by atoms with van der Waals surface area (Å²) in [5.41, 5.74) is 1.64. The second-order valence-electron chi connectivity index (χ2n) is 14.1. The van der Waals surface area contributed by atoms with Gasteiger partial charge in [0.05, 0.1) is 43.2 Å². The van der Waals surface area contributed by atoms with Crippen LogP contribution in [0.4, 0.5) is 11.6 Å². The fourth-order valence-corrected chi connectivity index (χ4v) is 7.27. The van der Waals surface area contributed by atoms with Crippen molar-refractivity contribution in [2.45, 2.75) is 102 Å². The molecule has 14 nitrogen and oxygen atoms in total. The molecule has 4 aromatic rings. The van der Waals surface area contributed by atoms with Gasteiger partial charge in [-0.1, -0.05) is 6.07 Å². The number of hydrogen-bond acceptors (Lipinski definition) is 12. The number of fused-ring (bicyclic) bond motifs is 2. The van der Waals surface area contributed by atoms with Crippen LogP contribution in [0, 0.1) is 11.3 Å². The van der Waals surface area contributed by atoms with Crippen molar-refractivity contribution < 1.29 is 19.3 Å². The van der Waals surface area contributed by atoms with E-state index in [0.29, 0.717) is 53.5 Å². The van der Waals surface area contributed by atoms with Gasteiger partial charge in [0.2, 0.25) is 5.95 Å². The summed E-state index contributed by atoms with van der Waals surface area (Å²) < 4.78 is 21.7. The molecular weight excluding hydrogens is 624 g/mol. The van der Waals surface area contributed by atoms with E-state index in [0.717, 1.165) is 50.0 Å². The molecule has 2 bridgehead atoms. The highest BCUT2D eigenvalue weighted by atomic mass is 16.5. The number of rotatable bonds is 12. The van der Waals surface area contributed by atoms with Crippen LogP contribution in [0.5, 0.6) is 11.6 Å². The maximum Gasteiger partial charge on any atom is 0.257 e. The maximum absolute atomic E-state index is 10.4. The molecule has 7 rings (SSSR count). The van der Waals surface area contributed by atoms with Crippen molar-refractivity contribution in [1.82, 2.24) is 39.4 Å². The first kappa shape index (κ1) is 32.9. The first-order valence-corrected chi connectivity index (χ1v) is 17.1. The molecule has 0 radical (unpaired) electrons. The molecule has 3 atom stereocenters. The highest BCUT2D eigenvalue weighted by Crippen LogP contribution is 2.39. The van der Waals surface area contributed by atoms with Gasteiger partial charge in [0.25, 0.3) is 5.88 Å². The lowest BCUT2D eigenvalue weighted by atomic mass is 9.89. The Balaban J connectivity index is 1.04. The van der Waals surface area contributed by atoms with Crippen LogP contribution in [0.25, 0.3) is 11.1 Å². The number of aliphatic hydroxyl groups is 1. The lowest BCUT2D eigenvalue weighted by Gasteiger charge is -2.43. The number of nitrogens with zero attached hydrogens (tertiary/aromatic N) is 9. The van der Waals surface area contributed by atoms with Crippen LogP contribution >= 0.6 is 0 Å². The van der Waals surface area contributed by atoms with Crippen LogP contribution in [0.2, 0.25) is 0 Å². The Morgan fingerprint density at radius 2 is 1.76 bits per heavy atom. The Kier molecular flexibility index (Phi) is 9.48. The third-order valence-electron chi connectivity index (χ3n) is 9.59. The topological polar surface area (TPSA) is 161 Å². The van der Waals surface area contributed by atoms with E-state index in [2.05, 4.69) is 36.3 Å². The number of morpholine rings is 1. The quantitative estimate of drug-likeness (QED) is 0.218. The Morgan fingerprint density at radius 3 is 2.43 bits per heavy atom. The molecule has 0 spiro atoms. The Labute approximate surface area is 286 Å². The first-order valence-electron chi connectivity index (χ1n) is 17.1. The first-order chi connectivity index (χ1) is 23.7. The van der Waals surface area contributed by atoms with E-state index in [1.165, 1.54) is 19.2 Å². The van der Waals surface area contributed by atoms with Crippen LogP contribution < -0.4 is 14.8 Å². The predicted octanol–water partition coefficient (Wildman–Crippen LogP) is 4.51. The summed E-state index contributed by atoms with van der Waals surface area (Å²) in [6.07, 6.45) is 15.1. The second kappa shape index (κ2) is 14.1. The van der Waals surface area contributed by atoms with Gasteiger partial charge in [-0.25, -0.2) is 19.6 Å². The minimum absolute atomic E-state index is 0.0889. The van der Waals surface area contributed by atoms with Crippen molar-refractivity contribution in [2.24, 2.45) is 0 Å². The molecule has 1 aliphatic carbocycles. The zero-order chi connectivity index (χ0) is 34.0. The molecule has 0 amide bonds. The van der Waals surface area contributed by atoms with E-state index in [9.17, 15) is 10.4 Å². The molecule has 3 aromatic heterocycles. The van der Waals surface area contributed by atoms with Crippen LogP contribution in [-0.4, -0.2) is 94.2 Å². The average molecular weight is 669 g/mol. The normalized spacial score (nSPS) is 23.2. The number of ether oxygens (including phenoxy) is 3. The van der Waals surface area contributed by atoms with E-state index in [1.807, 2.05) is 29.9 Å². The lowest BCUT2D eigenvalue weighted by Crippen LogP contribution is -2.52. The van der Waals surface area contributed by atoms with Crippen LogP contribution in [-0.2, 0) is 11.3 Å². The maximum atomic E-state index is 10.4. The zero-order valence-electron chi connectivity index (χ0n) is 28.3. The largest absolute Gasteiger partial charge is 0.487 e. The summed E-state index contributed by atoms with van der Waals surface area (Å²) in [5, 5.41) is 32.3. The zero-order valence-corrected chi connectivity index (χ0v) is 28.3. The number of nitriles is 1. The standard InChI is InChI=1S/C35H44N10O4/c1-23(16-43-22-37-21-40-43)49-32-12-24(4-5-25(32)13-36)26-14-38-34(39-15-26)41-31-17-44(42-33(31)48-20-35(2,3)46)27-6-8-28(9-7-27)45-29-10-11-30(45)19-47-18-29/h4-5,12,14-15,17,21-23,27-30,46H,6-11,16,18-20H2,1-3H3,(H,38,39,41)/t23-,27-,28-,29-,30+/m0/s1. The van der Waals surface area contributed by atoms with E-state index in [1.54, 1.807) is 43.3 Å². The van der Waals surface area contributed by atoms with Gasteiger partial charge in [-0.05, 0) is 77.0 Å². The van der Waals surface area contributed by atoms with Gasteiger partial charge in [-0.15, -0.1) is 5.10 Å². The highest BCUT2D eigenvalue weighted by molar-refractivity contribution is 5.67. The second-order valence-corrected chi connectivity index (χ2v) is 14.1. The van der Waals surface area contributed by atoms with Gasteiger partial charge in [-0.3, -0.25) is 9.58 Å². The monoisotopic (exact) mass is 668 g/mol. The minimum atomic E-state index is -1.02. The molecule has 1 saturated carbocycles. The third kappa shape index (κ3) is 7.69. The molecule has 2 aliphatic heterocycles. The smallest absolute Gasteiger partial charge is 0.257 e. The van der Waals surface area contributed by atoms with E-state index >= 15 is 0 Å². The van der Waals surface area contributed by atoms with Crippen LogP contribution in [0.3, 0.4) is 0 Å². The van der Waals surface area contributed by atoms with E-state index < -0.39 is 5.60 Å². The van der Waals surface area contributed by atoms with Gasteiger partial charge in [-0.2, -0.15) is 10.4 Å². The minimum Gasteiger partial charge on any atom is -0.487 e. The number of hydrogen-bond donors (Lipinski definition) is 2. The highest BCUT2D eigenvalue weighted by Gasteiger charge is 2.42. The van der Waals surface area contributed by atoms with Gasteiger partial charge < -0.3 is 24.6 Å². The molecule has 5 heterocycles. The molecule has 49 heavy (non-hydrogen) atoms. The SMILES string of the molecule is C[C@@H](Cn1cncn1)Oc1cc(-c2cnc(Nc3cn([C@H]4CC[C@H](N5[C@@H]6CC[C@H]5COC6)CC4)nc3OCC(C)(C)O)nc2)ccc1C#N. The van der Waals surface area contributed by atoms with Gasteiger partial charge in [0.1, 0.15) is 42.9 Å². The van der Waals surface area contributed by atoms with Crippen molar-refractivity contribution in [3.8, 4) is 28.8 Å². The van der Waals surface area contributed by atoms with Crippen molar-refractivity contribution in [3.05, 3.63) is 55.0 Å². The van der Waals surface area contributed by atoms with Gasteiger partial charge >= 0.3 is 0 Å². The molecule has 2 saturated heterocycles. The van der Waals surface area contributed by atoms with Crippen molar-refractivity contribution in [3.63, 3.8) is 0 Å². The van der Waals surface area contributed by atoms with Crippen LogP contribution in [0.1, 0.15) is 70.9 Å². The molecule has 258 valence electrons. The summed E-state index contributed by atoms with van der Waals surface area (Å²) >= 11 is 0. The molecule has 0 unspecified atom stereocenters. The molecular formula is C35H44N10O4. The van der Waals surface area contributed by atoms with Gasteiger partial charge in [0.15, 0.2) is 0 Å². The number of benzene rings is 1. The summed E-state index contributed by atoms with van der Waals surface area (Å²) in [7, 11) is 0. The summed E-state index contributed by atoms with van der Waals surface area (Å²) in [5.74, 6) is 1.26. The van der Waals surface area contributed by atoms with Crippen LogP contribution in [0.15, 0.2) is 49.4 Å². The van der Waals surface area contributed by atoms with Crippen molar-refractivity contribution in [1.29, 1.82) is 5.26 Å². The summed E-state index contributed by atoms with van der Waals surface area (Å²) in [4.78, 5) is 15.9. The summed E-state index contributed by atoms with van der Waals surface area (Å²) in [6, 6.07) is 9.62. The Bertz CT molecular complexity index is 1720. The third-order valence-corrected chi connectivity index (χ3v) is 9.59. The summed E-state index contributed by atoms with van der Waals surface area (Å²) in [6.45, 7) is 7.64. The number of anilines is 2. The van der Waals surface area contributed by atoms with E-state index in [-0.39, 0.29) is 18.8 Å². The predicted molar refractivity (Wildman–Crippen MR) is 180 cm³/mol. The fourth-order valence-electron chi connectivity index (χ4n) is 7.27.